The number of benzene rings is 2. The van der Waals surface area contributed by atoms with Gasteiger partial charge in [0.15, 0.2) is 0 Å². The van der Waals surface area contributed by atoms with Gasteiger partial charge in [0, 0.05) is 15.6 Å². The van der Waals surface area contributed by atoms with Crippen molar-refractivity contribution >= 4 is 28.1 Å². The Morgan fingerprint density at radius 1 is 1.17 bits per heavy atom. The van der Waals surface area contributed by atoms with Crippen LogP contribution in [0.5, 0.6) is 0 Å². The molecule has 0 spiro atoms. The molecule has 1 N–H and O–H groups in total. The summed E-state index contributed by atoms with van der Waals surface area (Å²) in [6.07, 6.45) is 1.56. The number of carbonyl (C=O) groups is 1. The Morgan fingerprint density at radius 2 is 1.92 bits per heavy atom. The fourth-order valence-corrected chi connectivity index (χ4v) is 2.32. The van der Waals surface area contributed by atoms with E-state index < -0.39 is 0 Å². The first-order valence-corrected chi connectivity index (χ1v) is 7.91. The van der Waals surface area contributed by atoms with Gasteiger partial charge in [-0.05, 0) is 11.3 Å². The molecule has 24 heavy (non-hydrogen) atoms. The predicted molar refractivity (Wildman–Crippen MR) is 93.1 cm³/mol. The Bertz CT molecular complexity index is 862. The quantitative estimate of drug-likeness (QED) is 0.539. The van der Waals surface area contributed by atoms with E-state index in [-0.39, 0.29) is 12.5 Å². The minimum Gasteiger partial charge on any atom is -0.271 e. The van der Waals surface area contributed by atoms with Crippen molar-refractivity contribution in [2.75, 3.05) is 0 Å². The van der Waals surface area contributed by atoms with Crippen LogP contribution in [-0.2, 0) is 11.3 Å². The van der Waals surface area contributed by atoms with E-state index in [4.69, 9.17) is 0 Å². The van der Waals surface area contributed by atoms with E-state index in [0.29, 0.717) is 5.82 Å². The molecule has 1 aromatic heterocycles. The fourth-order valence-electron chi connectivity index (χ4n) is 1.93. The third kappa shape index (κ3) is 4.11. The number of rotatable bonds is 5. The smallest absolute Gasteiger partial charge is 0.263 e. The van der Waals surface area contributed by atoms with E-state index >= 15 is 0 Å². The Labute approximate surface area is 146 Å². The molecule has 1 heterocycles. The Balaban J connectivity index is 1.58. The van der Waals surface area contributed by atoms with Crippen molar-refractivity contribution in [3.63, 3.8) is 0 Å². The van der Waals surface area contributed by atoms with Crippen LogP contribution in [-0.4, -0.2) is 32.3 Å². The molecule has 3 rings (SSSR count). The normalized spacial score (nSPS) is 10.9. The van der Waals surface area contributed by atoms with Crippen LogP contribution in [0.3, 0.4) is 0 Å². The highest BCUT2D eigenvalue weighted by Gasteiger charge is 2.08. The lowest BCUT2D eigenvalue weighted by Crippen LogP contribution is -2.24. The minimum absolute atomic E-state index is 0.0624. The summed E-state index contributed by atoms with van der Waals surface area (Å²) in [5.41, 5.74) is 4.14. The van der Waals surface area contributed by atoms with Crippen LogP contribution in [0.15, 0.2) is 64.2 Å². The zero-order valence-corrected chi connectivity index (χ0v) is 14.1. The van der Waals surface area contributed by atoms with Crippen molar-refractivity contribution in [1.29, 1.82) is 0 Å². The van der Waals surface area contributed by atoms with Gasteiger partial charge in [0.1, 0.15) is 6.54 Å². The molecule has 0 fully saturated rings. The number of nitrogens with one attached hydrogen (secondary N) is 1. The van der Waals surface area contributed by atoms with Crippen LogP contribution in [0, 0.1) is 0 Å². The molecule has 0 unspecified atom stereocenters. The standard InChI is InChI=1S/C16H13BrN6O/c17-14-9-5-4-8-13(14)10-18-19-15(24)11-23-21-16(20-22-23)12-6-2-1-3-7-12/h1-10H,11H2,(H,19,24)/b18-10+. The highest BCUT2D eigenvalue weighted by molar-refractivity contribution is 9.10. The summed E-state index contributed by atoms with van der Waals surface area (Å²) in [7, 11) is 0. The number of hydrogen-bond donors (Lipinski definition) is 1. The maximum absolute atomic E-state index is 11.9. The lowest BCUT2D eigenvalue weighted by atomic mass is 10.2. The summed E-state index contributed by atoms with van der Waals surface area (Å²) in [6, 6.07) is 17.0. The lowest BCUT2D eigenvalue weighted by molar-refractivity contribution is -0.122. The number of amides is 1. The zero-order valence-electron chi connectivity index (χ0n) is 12.5. The molecular formula is C16H13BrN6O. The number of aromatic nitrogens is 4. The number of nitrogens with zero attached hydrogens (tertiary/aromatic N) is 5. The second-order valence-electron chi connectivity index (χ2n) is 4.82. The molecule has 0 radical (unpaired) electrons. The van der Waals surface area contributed by atoms with Gasteiger partial charge < -0.3 is 0 Å². The minimum atomic E-state index is -0.338. The maximum atomic E-state index is 11.9. The molecule has 0 aliphatic heterocycles. The van der Waals surface area contributed by atoms with Crippen molar-refractivity contribution in [3.05, 3.63) is 64.6 Å². The number of halogens is 1. The SMILES string of the molecule is O=C(Cn1nnc(-c2ccccc2)n1)N/N=C/c1ccccc1Br. The van der Waals surface area contributed by atoms with Gasteiger partial charge >= 0.3 is 0 Å². The van der Waals surface area contributed by atoms with Crippen molar-refractivity contribution < 1.29 is 4.79 Å². The summed E-state index contributed by atoms with van der Waals surface area (Å²) < 4.78 is 0.897. The first-order valence-electron chi connectivity index (χ1n) is 7.12. The average Bonchev–Trinajstić information content (AvgIpc) is 3.06. The number of carbonyl (C=O) groups excluding carboxylic acids is 1. The molecule has 1 amide bonds. The van der Waals surface area contributed by atoms with Gasteiger partial charge in [0.25, 0.3) is 5.91 Å². The van der Waals surface area contributed by atoms with Crippen LogP contribution in [0.4, 0.5) is 0 Å². The topological polar surface area (TPSA) is 85.1 Å². The molecular weight excluding hydrogens is 372 g/mol. The summed E-state index contributed by atoms with van der Waals surface area (Å²) in [4.78, 5) is 13.1. The Kier molecular flexibility index (Phi) is 5.07. The van der Waals surface area contributed by atoms with Crippen LogP contribution in [0.25, 0.3) is 11.4 Å². The Morgan fingerprint density at radius 3 is 2.71 bits per heavy atom. The van der Waals surface area contributed by atoms with Crippen molar-refractivity contribution in [1.82, 2.24) is 25.6 Å². The summed E-state index contributed by atoms with van der Waals surface area (Å²) >= 11 is 3.41. The van der Waals surface area contributed by atoms with Gasteiger partial charge in [-0.15, -0.1) is 10.2 Å². The molecule has 0 bridgehead atoms. The molecule has 0 saturated heterocycles. The Hall–Kier alpha value is -2.87. The monoisotopic (exact) mass is 384 g/mol. The molecule has 7 nitrogen and oxygen atoms in total. The average molecular weight is 385 g/mol. The first-order chi connectivity index (χ1) is 11.7. The van der Waals surface area contributed by atoms with E-state index in [9.17, 15) is 4.79 Å². The highest BCUT2D eigenvalue weighted by atomic mass is 79.9. The second-order valence-corrected chi connectivity index (χ2v) is 5.68. The van der Waals surface area contributed by atoms with E-state index in [0.717, 1.165) is 15.6 Å². The molecule has 120 valence electrons. The van der Waals surface area contributed by atoms with Crippen molar-refractivity contribution in [2.24, 2.45) is 5.10 Å². The first kappa shape index (κ1) is 16.0. The molecule has 0 aliphatic carbocycles. The lowest BCUT2D eigenvalue weighted by Gasteiger charge is -1.99. The summed E-state index contributed by atoms with van der Waals surface area (Å²) in [5.74, 6) is 0.135. The van der Waals surface area contributed by atoms with E-state index in [2.05, 4.69) is 41.9 Å². The second kappa shape index (κ2) is 7.60. The van der Waals surface area contributed by atoms with Crippen LogP contribution >= 0.6 is 15.9 Å². The molecule has 8 heteroatoms. The number of hydrogen-bond acceptors (Lipinski definition) is 5. The number of hydrazone groups is 1. The van der Waals surface area contributed by atoms with Gasteiger partial charge in [0.05, 0.1) is 6.21 Å². The molecule has 3 aromatic rings. The van der Waals surface area contributed by atoms with Crippen LogP contribution in [0.1, 0.15) is 5.56 Å². The largest absolute Gasteiger partial charge is 0.271 e. The van der Waals surface area contributed by atoms with Gasteiger partial charge in [0.2, 0.25) is 5.82 Å². The third-order valence-corrected chi connectivity index (χ3v) is 3.79. The number of tetrazole rings is 1. The maximum Gasteiger partial charge on any atom is 0.263 e. The van der Waals surface area contributed by atoms with Crippen molar-refractivity contribution in [3.8, 4) is 11.4 Å². The van der Waals surface area contributed by atoms with Crippen LogP contribution < -0.4 is 5.43 Å². The van der Waals surface area contributed by atoms with Crippen LogP contribution in [0.2, 0.25) is 0 Å². The molecule has 2 aromatic carbocycles. The van der Waals surface area contributed by atoms with Gasteiger partial charge in [-0.1, -0.05) is 64.5 Å². The summed E-state index contributed by atoms with van der Waals surface area (Å²) in [5, 5.41) is 15.9. The zero-order chi connectivity index (χ0) is 16.8. The summed E-state index contributed by atoms with van der Waals surface area (Å²) in [6.45, 7) is -0.0624. The fraction of sp³-hybridized carbons (Fsp3) is 0.0625. The van der Waals surface area contributed by atoms with Gasteiger partial charge in [-0.3, -0.25) is 4.79 Å². The molecule has 0 atom stereocenters. The predicted octanol–water partition coefficient (Wildman–Crippen LogP) is 2.25. The van der Waals surface area contributed by atoms with E-state index in [1.165, 1.54) is 4.80 Å². The van der Waals surface area contributed by atoms with Gasteiger partial charge in [-0.25, -0.2) is 5.43 Å². The molecule has 0 aliphatic rings. The third-order valence-electron chi connectivity index (χ3n) is 3.07. The van der Waals surface area contributed by atoms with E-state index in [1.807, 2.05) is 54.6 Å². The van der Waals surface area contributed by atoms with E-state index in [1.54, 1.807) is 6.21 Å². The van der Waals surface area contributed by atoms with Crippen molar-refractivity contribution in [2.45, 2.75) is 6.54 Å². The highest BCUT2D eigenvalue weighted by Crippen LogP contribution is 2.13. The van der Waals surface area contributed by atoms with Gasteiger partial charge in [-0.2, -0.15) is 9.90 Å². The molecule has 0 saturated carbocycles.